The molecule has 126 valence electrons. The van der Waals surface area contributed by atoms with Crippen molar-refractivity contribution in [1.82, 2.24) is 5.32 Å². The van der Waals surface area contributed by atoms with Crippen LogP contribution in [0.3, 0.4) is 0 Å². The Kier molecular flexibility index (Phi) is 6.83. The second-order valence-electron chi connectivity index (χ2n) is 5.80. The minimum absolute atomic E-state index is 0.0720. The predicted octanol–water partition coefficient (Wildman–Crippen LogP) is 0.0884. The summed E-state index contributed by atoms with van der Waals surface area (Å²) in [5, 5.41) is 6.25. The molecular weight excluding hydrogens is 318 g/mol. The van der Waals surface area contributed by atoms with Crippen LogP contribution < -0.4 is 15.5 Å². The number of halogens is 1. The van der Waals surface area contributed by atoms with E-state index in [9.17, 15) is 9.59 Å². The quantitative estimate of drug-likeness (QED) is 0.658. The minimum atomic E-state index is -0.142. The van der Waals surface area contributed by atoms with E-state index in [-0.39, 0.29) is 31.0 Å². The number of rotatable bonds is 7. The Morgan fingerprint density at radius 3 is 2.61 bits per heavy atom. The van der Waals surface area contributed by atoms with Crippen LogP contribution in [-0.2, 0) is 14.3 Å². The summed E-state index contributed by atoms with van der Waals surface area (Å²) in [4.78, 5) is 24.6. The van der Waals surface area contributed by atoms with Crippen molar-refractivity contribution >= 4 is 29.1 Å². The number of hydrogen-bond donors (Lipinski definition) is 3. The maximum Gasteiger partial charge on any atom is 0.279 e. The second-order valence-corrected chi connectivity index (χ2v) is 6.24. The van der Waals surface area contributed by atoms with E-state index in [1.54, 1.807) is 24.3 Å². The number of amides is 2. The molecule has 0 bridgehead atoms. The predicted molar refractivity (Wildman–Crippen MR) is 88.7 cm³/mol. The number of carbonyl (C=O) groups excluding carboxylic acids is 2. The van der Waals surface area contributed by atoms with E-state index in [2.05, 4.69) is 10.6 Å². The first-order chi connectivity index (χ1) is 11.0. The summed E-state index contributed by atoms with van der Waals surface area (Å²) in [5.41, 5.74) is 0.690. The smallest absolute Gasteiger partial charge is 0.279 e. The summed E-state index contributed by atoms with van der Waals surface area (Å²) >= 11 is 5.80. The minimum Gasteiger partial charge on any atom is -0.376 e. The van der Waals surface area contributed by atoms with Crippen molar-refractivity contribution in [2.45, 2.75) is 18.9 Å². The number of ether oxygens (including phenoxy) is 1. The molecule has 3 N–H and O–H groups in total. The zero-order valence-electron chi connectivity index (χ0n) is 13.2. The van der Waals surface area contributed by atoms with Gasteiger partial charge in [0.15, 0.2) is 13.1 Å². The maximum absolute atomic E-state index is 11.9. The average Bonchev–Trinajstić information content (AvgIpc) is 3.00. The Bertz CT molecular complexity index is 530. The molecule has 1 aromatic carbocycles. The van der Waals surface area contributed by atoms with Gasteiger partial charge in [-0.05, 0) is 37.1 Å². The molecule has 2 atom stereocenters. The third-order valence-electron chi connectivity index (χ3n) is 3.60. The number of anilines is 1. The third kappa shape index (κ3) is 6.56. The lowest BCUT2D eigenvalue weighted by Crippen LogP contribution is -3.11. The number of likely N-dealkylation sites (N-methyl/N-ethyl adjacent to an activating group) is 1. The lowest BCUT2D eigenvalue weighted by atomic mass is 10.2. The second kappa shape index (κ2) is 8.86. The molecule has 1 aliphatic heterocycles. The molecule has 1 fully saturated rings. The average molecular weight is 341 g/mol. The van der Waals surface area contributed by atoms with Crippen molar-refractivity contribution in [3.8, 4) is 0 Å². The highest BCUT2D eigenvalue weighted by Gasteiger charge is 2.18. The first kappa shape index (κ1) is 17.7. The van der Waals surface area contributed by atoms with Crippen LogP contribution in [0.15, 0.2) is 24.3 Å². The number of benzene rings is 1. The van der Waals surface area contributed by atoms with Gasteiger partial charge in [-0.1, -0.05) is 11.6 Å². The van der Waals surface area contributed by atoms with Gasteiger partial charge in [0.05, 0.1) is 13.2 Å². The van der Waals surface area contributed by atoms with Crippen LogP contribution in [0.4, 0.5) is 5.69 Å². The van der Waals surface area contributed by atoms with Gasteiger partial charge in [-0.15, -0.1) is 0 Å². The van der Waals surface area contributed by atoms with Gasteiger partial charge in [0.25, 0.3) is 11.8 Å². The van der Waals surface area contributed by atoms with E-state index in [1.807, 2.05) is 7.05 Å². The standard InChI is InChI=1S/C16H22ClN3O3/c1-20(10-15(21)18-9-14-3-2-8-23-14)11-16(22)19-13-6-4-12(17)5-7-13/h4-7,14H,2-3,8-11H2,1H3,(H,18,21)(H,19,22)/p+1/t14-/m1/s1. The fraction of sp³-hybridized carbons (Fsp3) is 0.500. The molecular formula is C16H23ClN3O3+. The molecule has 1 saturated heterocycles. The van der Waals surface area contributed by atoms with E-state index in [0.717, 1.165) is 24.3 Å². The molecule has 2 rings (SSSR count). The molecule has 0 aliphatic carbocycles. The Labute approximate surface area is 141 Å². The first-order valence-corrected chi connectivity index (χ1v) is 8.16. The van der Waals surface area contributed by atoms with E-state index in [0.29, 0.717) is 17.3 Å². The van der Waals surface area contributed by atoms with Crippen LogP contribution in [0.2, 0.25) is 5.02 Å². The van der Waals surface area contributed by atoms with Gasteiger partial charge in [-0.25, -0.2) is 0 Å². The van der Waals surface area contributed by atoms with Crippen molar-refractivity contribution < 1.29 is 19.2 Å². The van der Waals surface area contributed by atoms with Gasteiger partial charge < -0.3 is 20.3 Å². The highest BCUT2D eigenvalue weighted by molar-refractivity contribution is 6.30. The summed E-state index contributed by atoms with van der Waals surface area (Å²) in [7, 11) is 1.81. The van der Waals surface area contributed by atoms with Crippen LogP contribution in [0.25, 0.3) is 0 Å². The van der Waals surface area contributed by atoms with Crippen molar-refractivity contribution in [2.75, 3.05) is 38.6 Å². The molecule has 0 radical (unpaired) electrons. The number of hydrogen-bond acceptors (Lipinski definition) is 3. The molecule has 1 unspecified atom stereocenters. The van der Waals surface area contributed by atoms with Crippen molar-refractivity contribution in [2.24, 2.45) is 0 Å². The van der Waals surface area contributed by atoms with Crippen LogP contribution in [-0.4, -0.2) is 51.2 Å². The van der Waals surface area contributed by atoms with Gasteiger partial charge in [-0.3, -0.25) is 9.59 Å². The zero-order chi connectivity index (χ0) is 16.7. The first-order valence-electron chi connectivity index (χ1n) is 7.78. The molecule has 2 amide bonds. The largest absolute Gasteiger partial charge is 0.376 e. The van der Waals surface area contributed by atoms with Crippen molar-refractivity contribution in [3.05, 3.63) is 29.3 Å². The van der Waals surface area contributed by atoms with Crippen LogP contribution in [0.1, 0.15) is 12.8 Å². The molecule has 6 nitrogen and oxygen atoms in total. The monoisotopic (exact) mass is 340 g/mol. The molecule has 0 spiro atoms. The molecule has 1 aromatic rings. The van der Waals surface area contributed by atoms with Gasteiger partial charge >= 0.3 is 0 Å². The van der Waals surface area contributed by atoms with Gasteiger partial charge in [-0.2, -0.15) is 0 Å². The Hall–Kier alpha value is -1.63. The Morgan fingerprint density at radius 2 is 1.96 bits per heavy atom. The summed E-state index contributed by atoms with van der Waals surface area (Å²) in [6, 6.07) is 6.91. The highest BCUT2D eigenvalue weighted by atomic mass is 35.5. The lowest BCUT2D eigenvalue weighted by Gasteiger charge is -2.15. The molecule has 1 heterocycles. The third-order valence-corrected chi connectivity index (χ3v) is 3.86. The Morgan fingerprint density at radius 1 is 1.26 bits per heavy atom. The van der Waals surface area contributed by atoms with Gasteiger partial charge in [0, 0.05) is 23.9 Å². The van der Waals surface area contributed by atoms with Gasteiger partial charge in [0.2, 0.25) is 0 Å². The maximum atomic E-state index is 11.9. The number of nitrogens with one attached hydrogen (secondary N) is 3. The molecule has 7 heteroatoms. The van der Waals surface area contributed by atoms with E-state index < -0.39 is 0 Å². The summed E-state index contributed by atoms with van der Waals surface area (Å²) in [6.45, 7) is 1.79. The van der Waals surface area contributed by atoms with Gasteiger partial charge in [0.1, 0.15) is 0 Å². The summed E-state index contributed by atoms with van der Waals surface area (Å²) in [6.07, 6.45) is 2.18. The highest BCUT2D eigenvalue weighted by Crippen LogP contribution is 2.13. The van der Waals surface area contributed by atoms with Crippen LogP contribution in [0.5, 0.6) is 0 Å². The van der Waals surface area contributed by atoms with Crippen molar-refractivity contribution in [1.29, 1.82) is 0 Å². The van der Waals surface area contributed by atoms with Crippen LogP contribution in [0, 0.1) is 0 Å². The Balaban J connectivity index is 1.66. The van der Waals surface area contributed by atoms with E-state index in [4.69, 9.17) is 16.3 Å². The fourth-order valence-corrected chi connectivity index (χ4v) is 2.57. The molecule has 0 saturated carbocycles. The van der Waals surface area contributed by atoms with E-state index >= 15 is 0 Å². The fourth-order valence-electron chi connectivity index (χ4n) is 2.44. The zero-order valence-corrected chi connectivity index (χ0v) is 14.0. The lowest BCUT2D eigenvalue weighted by molar-refractivity contribution is -0.862. The number of carbonyl (C=O) groups is 2. The molecule has 1 aliphatic rings. The normalized spacial score (nSPS) is 18.4. The molecule has 23 heavy (non-hydrogen) atoms. The van der Waals surface area contributed by atoms with Crippen LogP contribution >= 0.6 is 11.6 Å². The SMILES string of the molecule is C[NH+](CC(=O)NC[C@H]1CCCO1)CC(=O)Nc1ccc(Cl)cc1. The molecule has 0 aromatic heterocycles. The van der Waals surface area contributed by atoms with E-state index in [1.165, 1.54) is 0 Å². The topological polar surface area (TPSA) is 71.9 Å². The summed E-state index contributed by atoms with van der Waals surface area (Å²) < 4.78 is 5.45. The van der Waals surface area contributed by atoms with Crippen molar-refractivity contribution in [3.63, 3.8) is 0 Å². The summed E-state index contributed by atoms with van der Waals surface area (Å²) in [5.74, 6) is -0.214. The number of quaternary nitrogens is 1.